The molecule has 0 saturated carbocycles. The number of para-hydroxylation sites is 1. The highest BCUT2D eigenvalue weighted by molar-refractivity contribution is 7.80. The van der Waals surface area contributed by atoms with Crippen LogP contribution in [0.1, 0.15) is 28.4 Å². The van der Waals surface area contributed by atoms with E-state index in [-0.39, 0.29) is 5.97 Å². The first-order valence-electron chi connectivity index (χ1n) is 7.42. The number of esters is 1. The van der Waals surface area contributed by atoms with Gasteiger partial charge in [-0.2, -0.15) is 0 Å². The van der Waals surface area contributed by atoms with Crippen LogP contribution in [0.15, 0.2) is 42.5 Å². The van der Waals surface area contributed by atoms with E-state index in [9.17, 15) is 4.79 Å². The quantitative estimate of drug-likeness (QED) is 0.648. The van der Waals surface area contributed by atoms with Gasteiger partial charge in [0.05, 0.1) is 17.9 Å². The minimum atomic E-state index is -0.370. The number of hydrogen-bond acceptors (Lipinski definition) is 3. The van der Waals surface area contributed by atoms with Crippen molar-refractivity contribution in [3.05, 3.63) is 59.2 Å². The highest BCUT2D eigenvalue weighted by Gasteiger charge is 2.12. The molecule has 0 heterocycles. The van der Waals surface area contributed by atoms with E-state index in [1.165, 1.54) is 5.56 Å². The van der Waals surface area contributed by atoms with Crippen LogP contribution in [-0.2, 0) is 4.74 Å². The van der Waals surface area contributed by atoms with Crippen LogP contribution in [0.5, 0.6) is 0 Å². The van der Waals surface area contributed by atoms with E-state index in [2.05, 4.69) is 16.7 Å². The van der Waals surface area contributed by atoms with Gasteiger partial charge in [-0.25, -0.2) is 4.79 Å². The van der Waals surface area contributed by atoms with Crippen LogP contribution in [0.4, 0.5) is 11.4 Å². The van der Waals surface area contributed by atoms with Gasteiger partial charge in [0.25, 0.3) is 0 Å². The van der Waals surface area contributed by atoms with Crippen molar-refractivity contribution < 1.29 is 9.53 Å². The topological polar surface area (TPSA) is 50.4 Å². The van der Waals surface area contributed by atoms with Crippen molar-refractivity contribution in [3.8, 4) is 0 Å². The first-order chi connectivity index (χ1) is 11.0. The van der Waals surface area contributed by atoms with E-state index in [0.717, 1.165) is 11.3 Å². The van der Waals surface area contributed by atoms with Crippen molar-refractivity contribution >= 4 is 34.7 Å². The molecule has 5 heteroatoms. The van der Waals surface area contributed by atoms with Crippen molar-refractivity contribution in [2.24, 2.45) is 0 Å². The summed E-state index contributed by atoms with van der Waals surface area (Å²) in [5.74, 6) is -0.370. The number of aryl methyl sites for hydroxylation is 2. The fraction of sp³-hybridized carbons (Fsp3) is 0.222. The first kappa shape index (κ1) is 17.0. The van der Waals surface area contributed by atoms with Crippen molar-refractivity contribution in [3.63, 3.8) is 0 Å². The average Bonchev–Trinajstić information content (AvgIpc) is 2.51. The molecule has 2 N–H and O–H groups in total. The third-order valence-electron chi connectivity index (χ3n) is 3.30. The molecule has 0 bridgehead atoms. The minimum absolute atomic E-state index is 0.332. The molecule has 2 aromatic rings. The Kier molecular flexibility index (Phi) is 5.71. The van der Waals surface area contributed by atoms with Gasteiger partial charge in [-0.05, 0) is 56.8 Å². The summed E-state index contributed by atoms with van der Waals surface area (Å²) in [5.41, 5.74) is 4.31. The highest BCUT2D eigenvalue weighted by Crippen LogP contribution is 2.19. The number of hydrogen-bond donors (Lipinski definition) is 2. The van der Waals surface area contributed by atoms with Gasteiger partial charge in [0, 0.05) is 5.69 Å². The van der Waals surface area contributed by atoms with Crippen LogP contribution in [0.25, 0.3) is 0 Å². The Hall–Kier alpha value is -2.40. The van der Waals surface area contributed by atoms with Crippen molar-refractivity contribution in [2.45, 2.75) is 20.8 Å². The summed E-state index contributed by atoms with van der Waals surface area (Å²) >= 11 is 5.35. The molecule has 4 nitrogen and oxygen atoms in total. The fourth-order valence-electron chi connectivity index (χ4n) is 2.21. The predicted molar refractivity (Wildman–Crippen MR) is 98.2 cm³/mol. The van der Waals surface area contributed by atoms with Gasteiger partial charge in [-0.3, -0.25) is 0 Å². The molecule has 0 spiro atoms. The van der Waals surface area contributed by atoms with E-state index in [0.29, 0.717) is 23.0 Å². The lowest BCUT2D eigenvalue weighted by Crippen LogP contribution is -2.21. The van der Waals surface area contributed by atoms with Gasteiger partial charge >= 0.3 is 5.97 Å². The third kappa shape index (κ3) is 4.53. The number of benzene rings is 2. The summed E-state index contributed by atoms with van der Waals surface area (Å²) in [6.45, 7) is 6.17. The van der Waals surface area contributed by atoms with Crippen molar-refractivity contribution in [2.75, 3.05) is 17.2 Å². The van der Waals surface area contributed by atoms with Crippen LogP contribution >= 0.6 is 12.2 Å². The zero-order valence-electron chi connectivity index (χ0n) is 13.5. The van der Waals surface area contributed by atoms with Crippen molar-refractivity contribution in [1.82, 2.24) is 0 Å². The number of anilines is 2. The first-order valence-corrected chi connectivity index (χ1v) is 7.83. The second-order valence-electron chi connectivity index (χ2n) is 5.16. The lowest BCUT2D eigenvalue weighted by atomic mass is 10.1. The highest BCUT2D eigenvalue weighted by atomic mass is 32.1. The van der Waals surface area contributed by atoms with Crippen LogP contribution in [-0.4, -0.2) is 17.7 Å². The number of carbonyl (C=O) groups excluding carboxylic acids is 1. The Morgan fingerprint density at radius 2 is 1.78 bits per heavy atom. The van der Waals surface area contributed by atoms with E-state index in [1.807, 2.05) is 32.0 Å². The maximum Gasteiger partial charge on any atom is 0.340 e. The van der Waals surface area contributed by atoms with Gasteiger partial charge in [0.15, 0.2) is 5.11 Å². The molecule has 0 aliphatic carbocycles. The monoisotopic (exact) mass is 328 g/mol. The van der Waals surface area contributed by atoms with E-state index in [4.69, 9.17) is 17.0 Å². The lowest BCUT2D eigenvalue weighted by molar-refractivity contribution is 0.0527. The van der Waals surface area contributed by atoms with Crippen molar-refractivity contribution in [1.29, 1.82) is 0 Å². The van der Waals surface area contributed by atoms with Gasteiger partial charge in [0.2, 0.25) is 0 Å². The van der Waals surface area contributed by atoms with Gasteiger partial charge < -0.3 is 15.4 Å². The predicted octanol–water partition coefficient (Wildman–Crippen LogP) is 4.29. The summed E-state index contributed by atoms with van der Waals surface area (Å²) in [4.78, 5) is 12.0. The Balaban J connectivity index is 2.13. The summed E-state index contributed by atoms with van der Waals surface area (Å²) in [5, 5.41) is 6.64. The largest absolute Gasteiger partial charge is 0.462 e. The Labute approximate surface area is 141 Å². The van der Waals surface area contributed by atoms with E-state index >= 15 is 0 Å². The maximum atomic E-state index is 12.0. The number of rotatable bonds is 4. The lowest BCUT2D eigenvalue weighted by Gasteiger charge is -2.15. The number of nitrogens with one attached hydrogen (secondary N) is 2. The molecular weight excluding hydrogens is 308 g/mol. The second kappa shape index (κ2) is 7.74. The molecular formula is C18H20N2O2S. The van der Waals surface area contributed by atoms with Crippen LogP contribution in [0.3, 0.4) is 0 Å². The normalized spacial score (nSPS) is 10.0. The fourth-order valence-corrected chi connectivity index (χ4v) is 2.43. The van der Waals surface area contributed by atoms with Crippen LogP contribution < -0.4 is 10.6 Å². The zero-order valence-corrected chi connectivity index (χ0v) is 14.3. The molecule has 0 saturated heterocycles. The van der Waals surface area contributed by atoms with Gasteiger partial charge in [-0.15, -0.1) is 0 Å². The molecule has 0 amide bonds. The second-order valence-corrected chi connectivity index (χ2v) is 5.57. The van der Waals surface area contributed by atoms with Crippen LogP contribution in [0.2, 0.25) is 0 Å². The molecule has 0 atom stereocenters. The Morgan fingerprint density at radius 3 is 2.48 bits per heavy atom. The Bertz CT molecular complexity index is 729. The molecule has 0 radical (unpaired) electrons. The smallest absolute Gasteiger partial charge is 0.340 e. The summed E-state index contributed by atoms with van der Waals surface area (Å²) in [6.07, 6.45) is 0. The Morgan fingerprint density at radius 1 is 1.09 bits per heavy atom. The minimum Gasteiger partial charge on any atom is -0.462 e. The molecule has 120 valence electrons. The molecule has 0 fully saturated rings. The third-order valence-corrected chi connectivity index (χ3v) is 3.50. The molecule has 23 heavy (non-hydrogen) atoms. The van der Waals surface area contributed by atoms with E-state index < -0.39 is 0 Å². The average molecular weight is 328 g/mol. The number of ether oxygens (including phenoxy) is 1. The molecule has 2 aromatic carbocycles. The van der Waals surface area contributed by atoms with Crippen LogP contribution in [0, 0.1) is 13.8 Å². The number of carbonyl (C=O) groups is 1. The molecule has 0 aliphatic rings. The van der Waals surface area contributed by atoms with E-state index in [1.54, 1.807) is 25.1 Å². The molecule has 2 rings (SSSR count). The molecule has 0 aliphatic heterocycles. The SMILES string of the molecule is CCOC(=O)c1ccccc1NC(=S)Nc1ccc(C)cc1C. The van der Waals surface area contributed by atoms with Gasteiger partial charge in [0.1, 0.15) is 0 Å². The molecule has 0 aromatic heterocycles. The summed E-state index contributed by atoms with van der Waals surface area (Å²) < 4.78 is 5.06. The molecule has 0 unspecified atom stereocenters. The standard InChI is InChI=1S/C18H20N2O2S/c1-4-22-17(21)14-7-5-6-8-16(14)20-18(23)19-15-10-9-12(2)11-13(15)3/h5-11H,4H2,1-3H3,(H2,19,20,23). The maximum absolute atomic E-state index is 12.0. The number of thiocarbonyl (C=S) groups is 1. The zero-order chi connectivity index (χ0) is 16.8. The summed E-state index contributed by atoms with van der Waals surface area (Å²) in [6, 6.07) is 13.2. The van der Waals surface area contributed by atoms with Gasteiger partial charge in [-0.1, -0.05) is 29.8 Å². The summed E-state index contributed by atoms with van der Waals surface area (Å²) in [7, 11) is 0.